The topological polar surface area (TPSA) is 56.4 Å². The number of hydrogen-bond acceptors (Lipinski definition) is 2. The van der Waals surface area contributed by atoms with Crippen molar-refractivity contribution in [2.75, 3.05) is 6.54 Å². The first-order chi connectivity index (χ1) is 11.1. The summed E-state index contributed by atoms with van der Waals surface area (Å²) in [7, 11) is 0. The van der Waals surface area contributed by atoms with Gasteiger partial charge in [-0.05, 0) is 25.0 Å². The Morgan fingerprint density at radius 3 is 2.83 bits per heavy atom. The first-order valence-corrected chi connectivity index (χ1v) is 8.36. The molecule has 1 N–H and O–H groups in total. The van der Waals surface area contributed by atoms with Crippen LogP contribution in [0.5, 0.6) is 0 Å². The molecule has 23 heavy (non-hydrogen) atoms. The van der Waals surface area contributed by atoms with Crippen molar-refractivity contribution in [3.63, 3.8) is 0 Å². The van der Waals surface area contributed by atoms with Crippen LogP contribution in [0.15, 0.2) is 24.3 Å². The van der Waals surface area contributed by atoms with Crippen molar-refractivity contribution in [3.05, 3.63) is 35.5 Å². The number of imide groups is 1. The molecule has 1 aromatic heterocycles. The number of nitrogens with zero attached hydrogens (tertiary/aromatic N) is 2. The summed E-state index contributed by atoms with van der Waals surface area (Å²) < 4.78 is 0. The minimum absolute atomic E-state index is 0.0359. The Bertz CT molecular complexity index is 795. The van der Waals surface area contributed by atoms with Gasteiger partial charge in [-0.25, -0.2) is 4.79 Å². The van der Waals surface area contributed by atoms with E-state index >= 15 is 0 Å². The molecule has 3 amide bonds. The van der Waals surface area contributed by atoms with E-state index in [1.54, 1.807) is 4.90 Å². The van der Waals surface area contributed by atoms with Crippen molar-refractivity contribution in [2.24, 2.45) is 0 Å². The molecule has 0 saturated carbocycles. The number of rotatable bonds is 3. The van der Waals surface area contributed by atoms with Gasteiger partial charge in [0, 0.05) is 29.6 Å². The van der Waals surface area contributed by atoms with Crippen LogP contribution in [0, 0.1) is 0 Å². The molecule has 1 fully saturated rings. The van der Waals surface area contributed by atoms with Crippen molar-refractivity contribution in [1.82, 2.24) is 14.8 Å². The number of para-hydroxylation sites is 1. The van der Waals surface area contributed by atoms with E-state index in [0.29, 0.717) is 13.0 Å². The summed E-state index contributed by atoms with van der Waals surface area (Å²) in [6.07, 6.45) is 2.44. The second kappa shape index (κ2) is 5.11. The van der Waals surface area contributed by atoms with Crippen LogP contribution in [0.2, 0.25) is 0 Å². The Hall–Kier alpha value is -2.30. The van der Waals surface area contributed by atoms with Crippen molar-refractivity contribution >= 4 is 22.8 Å². The highest BCUT2D eigenvalue weighted by Gasteiger charge is 2.50. The van der Waals surface area contributed by atoms with E-state index in [2.05, 4.69) is 18.0 Å². The normalized spacial score (nSPS) is 23.6. The summed E-state index contributed by atoms with van der Waals surface area (Å²) in [4.78, 5) is 32.1. The number of H-pyrrole nitrogens is 1. The van der Waals surface area contributed by atoms with Gasteiger partial charge in [0.1, 0.15) is 6.04 Å². The molecule has 4 rings (SSSR count). The predicted octanol–water partition coefficient (Wildman–Crippen LogP) is 3.22. The number of unbranched alkanes of at least 4 members (excludes halogenated alkanes) is 1. The van der Waals surface area contributed by atoms with Gasteiger partial charge < -0.3 is 9.88 Å². The molecule has 2 aliphatic heterocycles. The van der Waals surface area contributed by atoms with Crippen LogP contribution < -0.4 is 0 Å². The highest BCUT2D eigenvalue weighted by Crippen LogP contribution is 2.40. The number of aromatic amines is 1. The summed E-state index contributed by atoms with van der Waals surface area (Å²) in [5, 5.41) is 1.17. The van der Waals surface area contributed by atoms with Crippen LogP contribution in [-0.4, -0.2) is 39.3 Å². The molecule has 0 bridgehead atoms. The Balaban J connectivity index is 1.75. The first-order valence-electron chi connectivity index (χ1n) is 8.36. The Morgan fingerprint density at radius 1 is 1.26 bits per heavy atom. The van der Waals surface area contributed by atoms with Crippen LogP contribution >= 0.6 is 0 Å². The highest BCUT2D eigenvalue weighted by molar-refractivity contribution is 6.05. The summed E-state index contributed by atoms with van der Waals surface area (Å²) in [5.41, 5.74) is 3.34. The molecule has 1 saturated heterocycles. The molecule has 1 aromatic carbocycles. The lowest BCUT2D eigenvalue weighted by Gasteiger charge is -2.33. The molecule has 2 aliphatic rings. The summed E-state index contributed by atoms with van der Waals surface area (Å²) in [6, 6.07) is 7.57. The van der Waals surface area contributed by atoms with Gasteiger partial charge in [-0.15, -0.1) is 0 Å². The molecule has 5 heteroatoms. The third-order valence-electron chi connectivity index (χ3n) is 5.15. The number of fused-ring (bicyclic) bond motifs is 4. The predicted molar refractivity (Wildman–Crippen MR) is 88.1 cm³/mol. The maximum Gasteiger partial charge on any atom is 0.328 e. The van der Waals surface area contributed by atoms with Crippen LogP contribution in [0.1, 0.15) is 44.0 Å². The van der Waals surface area contributed by atoms with Gasteiger partial charge in [0.15, 0.2) is 0 Å². The smallest absolute Gasteiger partial charge is 0.328 e. The van der Waals surface area contributed by atoms with E-state index in [9.17, 15) is 9.59 Å². The van der Waals surface area contributed by atoms with Gasteiger partial charge in [0.2, 0.25) is 0 Å². The standard InChI is InChI=1S/C18H21N3O2/c1-3-4-9-20-17(22)15-10-13-12-7-5-6-8-14(12)19-16(13)11(2)21(15)18(20)23/h5-8,11,15,19H,3-4,9-10H2,1-2H3. The monoisotopic (exact) mass is 311 g/mol. The van der Waals surface area contributed by atoms with Crippen LogP contribution in [0.25, 0.3) is 10.9 Å². The molecule has 2 atom stereocenters. The first kappa shape index (κ1) is 14.3. The second-order valence-corrected chi connectivity index (χ2v) is 6.49. The van der Waals surface area contributed by atoms with Crippen molar-refractivity contribution in [1.29, 1.82) is 0 Å². The minimum atomic E-state index is -0.346. The number of benzene rings is 1. The van der Waals surface area contributed by atoms with E-state index < -0.39 is 0 Å². The Kier molecular flexibility index (Phi) is 3.18. The lowest BCUT2D eigenvalue weighted by atomic mass is 9.93. The lowest BCUT2D eigenvalue weighted by molar-refractivity contribution is -0.128. The van der Waals surface area contributed by atoms with Gasteiger partial charge in [-0.2, -0.15) is 0 Å². The zero-order chi connectivity index (χ0) is 16.1. The minimum Gasteiger partial charge on any atom is -0.356 e. The van der Waals surface area contributed by atoms with Gasteiger partial charge in [0.05, 0.1) is 6.04 Å². The van der Waals surface area contributed by atoms with E-state index in [0.717, 1.165) is 24.1 Å². The molecule has 2 aromatic rings. The van der Waals surface area contributed by atoms with Crippen LogP contribution in [-0.2, 0) is 11.2 Å². The SMILES string of the molecule is CCCCN1C(=O)C2Cc3c([nH]c4ccccc34)C(C)N2C1=O. The third kappa shape index (κ3) is 1.92. The third-order valence-corrected chi connectivity index (χ3v) is 5.15. The zero-order valence-corrected chi connectivity index (χ0v) is 13.5. The maximum absolute atomic E-state index is 12.7. The largest absolute Gasteiger partial charge is 0.356 e. The average molecular weight is 311 g/mol. The van der Waals surface area contributed by atoms with Gasteiger partial charge in [0.25, 0.3) is 5.91 Å². The molecule has 5 nitrogen and oxygen atoms in total. The van der Waals surface area contributed by atoms with Gasteiger partial charge >= 0.3 is 6.03 Å². The fourth-order valence-corrected chi connectivity index (χ4v) is 3.94. The lowest BCUT2D eigenvalue weighted by Crippen LogP contribution is -2.42. The number of carbonyl (C=O) groups is 2. The van der Waals surface area contributed by atoms with E-state index in [-0.39, 0.29) is 24.0 Å². The summed E-state index contributed by atoms with van der Waals surface area (Å²) in [6.45, 7) is 4.61. The van der Waals surface area contributed by atoms with Gasteiger partial charge in [-0.1, -0.05) is 31.5 Å². The molecule has 0 radical (unpaired) electrons. The number of urea groups is 1. The number of aromatic nitrogens is 1. The van der Waals surface area contributed by atoms with E-state index in [1.807, 2.05) is 25.1 Å². The molecule has 0 aliphatic carbocycles. The van der Waals surface area contributed by atoms with Crippen molar-refractivity contribution < 1.29 is 9.59 Å². The fraction of sp³-hybridized carbons (Fsp3) is 0.444. The maximum atomic E-state index is 12.7. The Morgan fingerprint density at radius 2 is 2.04 bits per heavy atom. The molecule has 3 heterocycles. The summed E-state index contributed by atoms with van der Waals surface area (Å²) >= 11 is 0. The molecule has 2 unspecified atom stereocenters. The van der Waals surface area contributed by atoms with Crippen molar-refractivity contribution in [3.8, 4) is 0 Å². The van der Waals surface area contributed by atoms with E-state index in [4.69, 9.17) is 0 Å². The number of amides is 3. The Labute approximate surface area is 135 Å². The molecule has 0 spiro atoms. The van der Waals surface area contributed by atoms with Crippen molar-refractivity contribution in [2.45, 2.75) is 45.2 Å². The van der Waals surface area contributed by atoms with Crippen LogP contribution in [0.3, 0.4) is 0 Å². The van der Waals surface area contributed by atoms with Gasteiger partial charge in [-0.3, -0.25) is 9.69 Å². The number of carbonyl (C=O) groups excluding carboxylic acids is 2. The number of hydrogen-bond donors (Lipinski definition) is 1. The fourth-order valence-electron chi connectivity index (χ4n) is 3.94. The molecule has 120 valence electrons. The second-order valence-electron chi connectivity index (χ2n) is 6.49. The molecular formula is C18H21N3O2. The quantitative estimate of drug-likeness (QED) is 0.885. The molecular weight excluding hydrogens is 290 g/mol. The average Bonchev–Trinajstić information content (AvgIpc) is 3.04. The summed E-state index contributed by atoms with van der Waals surface area (Å²) in [5.74, 6) is -0.0359. The van der Waals surface area contributed by atoms with E-state index in [1.165, 1.54) is 15.8 Å². The van der Waals surface area contributed by atoms with Crippen LogP contribution in [0.4, 0.5) is 4.79 Å². The zero-order valence-electron chi connectivity index (χ0n) is 13.5. The highest BCUT2D eigenvalue weighted by atomic mass is 16.2. The number of nitrogens with one attached hydrogen (secondary N) is 1.